The average molecular weight is 368 g/mol. The zero-order chi connectivity index (χ0) is 19.1. The van der Waals surface area contributed by atoms with E-state index in [-0.39, 0.29) is 17.5 Å². The molecule has 0 saturated heterocycles. The molecule has 7 nitrogen and oxygen atoms in total. The van der Waals surface area contributed by atoms with Crippen LogP contribution in [0, 0.1) is 5.82 Å². The van der Waals surface area contributed by atoms with Crippen molar-refractivity contribution in [2.24, 2.45) is 7.05 Å². The monoisotopic (exact) mass is 368 g/mol. The molecule has 0 aliphatic carbocycles. The van der Waals surface area contributed by atoms with Crippen molar-refractivity contribution in [1.29, 1.82) is 0 Å². The molecule has 0 radical (unpaired) electrons. The van der Waals surface area contributed by atoms with Crippen molar-refractivity contribution in [2.45, 2.75) is 32.9 Å². The van der Waals surface area contributed by atoms with Crippen molar-refractivity contribution in [2.75, 3.05) is 6.54 Å². The van der Waals surface area contributed by atoms with Crippen molar-refractivity contribution in [3.63, 3.8) is 0 Å². The number of nitrogens with zero attached hydrogens (tertiary/aromatic N) is 6. The van der Waals surface area contributed by atoms with E-state index in [1.54, 1.807) is 23.4 Å². The van der Waals surface area contributed by atoms with Crippen LogP contribution in [0.15, 0.2) is 30.6 Å². The first-order valence-electron chi connectivity index (χ1n) is 8.95. The molecule has 0 saturated carbocycles. The molecular formula is C19H21FN6O. The van der Waals surface area contributed by atoms with Gasteiger partial charge in [0, 0.05) is 37.3 Å². The second-order valence-electron chi connectivity index (χ2n) is 7.01. The Bertz CT molecular complexity index is 1010. The second-order valence-corrected chi connectivity index (χ2v) is 7.01. The number of halogens is 1. The fourth-order valence-electron chi connectivity index (χ4n) is 3.54. The Hall–Kier alpha value is -3.03. The van der Waals surface area contributed by atoms with Crippen molar-refractivity contribution in [3.05, 3.63) is 53.2 Å². The van der Waals surface area contributed by atoms with Gasteiger partial charge in [-0.1, -0.05) is 12.1 Å². The Balaban J connectivity index is 1.71. The molecule has 0 atom stereocenters. The number of rotatable bonds is 3. The van der Waals surface area contributed by atoms with Crippen molar-refractivity contribution >= 4 is 5.91 Å². The Labute approximate surface area is 156 Å². The first-order valence-corrected chi connectivity index (χ1v) is 8.95. The van der Waals surface area contributed by atoms with E-state index in [9.17, 15) is 9.18 Å². The van der Waals surface area contributed by atoms with Crippen LogP contribution in [0.4, 0.5) is 4.39 Å². The molecule has 1 aromatic carbocycles. The molecular weight excluding hydrogens is 347 g/mol. The highest BCUT2D eigenvalue weighted by Gasteiger charge is 2.30. The van der Waals surface area contributed by atoms with Gasteiger partial charge in [0.15, 0.2) is 5.82 Å². The van der Waals surface area contributed by atoms with E-state index in [1.165, 1.54) is 12.1 Å². The lowest BCUT2D eigenvalue weighted by molar-refractivity contribution is 0.0729. The molecule has 4 rings (SSSR count). The number of amides is 1. The van der Waals surface area contributed by atoms with Crippen LogP contribution in [0.3, 0.4) is 0 Å². The number of carbonyl (C=O) groups excluding carboxylic acids is 1. The highest BCUT2D eigenvalue weighted by molar-refractivity contribution is 5.94. The third kappa shape index (κ3) is 2.90. The van der Waals surface area contributed by atoms with Crippen LogP contribution >= 0.6 is 0 Å². The van der Waals surface area contributed by atoms with Crippen molar-refractivity contribution < 1.29 is 9.18 Å². The van der Waals surface area contributed by atoms with Gasteiger partial charge in [0.1, 0.15) is 17.8 Å². The first kappa shape index (κ1) is 17.4. The summed E-state index contributed by atoms with van der Waals surface area (Å²) in [6.45, 7) is 5.00. The molecule has 2 aromatic heterocycles. The van der Waals surface area contributed by atoms with Crippen LogP contribution in [0.1, 0.15) is 41.5 Å². The summed E-state index contributed by atoms with van der Waals surface area (Å²) in [5.41, 5.74) is 2.84. The van der Waals surface area contributed by atoms with Crippen LogP contribution in [0.25, 0.3) is 11.5 Å². The van der Waals surface area contributed by atoms with Gasteiger partial charge in [-0.25, -0.2) is 4.39 Å². The number of benzene rings is 1. The summed E-state index contributed by atoms with van der Waals surface area (Å²) >= 11 is 0. The van der Waals surface area contributed by atoms with Gasteiger partial charge in [0.25, 0.3) is 5.91 Å². The predicted molar refractivity (Wildman–Crippen MR) is 97.5 cm³/mol. The lowest BCUT2D eigenvalue weighted by Gasteiger charge is -2.28. The molecule has 3 aromatic rings. The standard InChI is InChI=1S/C19H21FN6O/c1-12(2)26-11-21-22-18(26)17-14-10-25(9-8-16(14)24(3)23-17)19(27)13-6-4-5-7-15(13)20/h4-7,11-12H,8-10H2,1-3H3. The van der Waals surface area contributed by atoms with E-state index in [0.29, 0.717) is 25.3 Å². The molecule has 3 heterocycles. The fraction of sp³-hybridized carbons (Fsp3) is 0.368. The largest absolute Gasteiger partial charge is 0.334 e. The third-order valence-corrected chi connectivity index (χ3v) is 4.98. The molecule has 1 aliphatic heterocycles. The Kier molecular flexibility index (Phi) is 4.25. The average Bonchev–Trinajstić information content (AvgIpc) is 3.26. The second kappa shape index (κ2) is 6.61. The van der Waals surface area contributed by atoms with Gasteiger partial charge in [-0.2, -0.15) is 5.10 Å². The minimum atomic E-state index is -0.501. The number of aryl methyl sites for hydroxylation is 1. The summed E-state index contributed by atoms with van der Waals surface area (Å²) < 4.78 is 17.9. The summed E-state index contributed by atoms with van der Waals surface area (Å²) in [5.74, 6) is -0.125. The van der Waals surface area contributed by atoms with Crippen LogP contribution in [0.2, 0.25) is 0 Å². The van der Waals surface area contributed by atoms with Gasteiger partial charge in [-0.15, -0.1) is 10.2 Å². The zero-order valence-electron chi connectivity index (χ0n) is 15.6. The summed E-state index contributed by atoms with van der Waals surface area (Å²) in [6, 6.07) is 6.27. The first-order chi connectivity index (χ1) is 13.0. The third-order valence-electron chi connectivity index (χ3n) is 4.98. The van der Waals surface area contributed by atoms with Gasteiger partial charge < -0.3 is 9.47 Å². The van der Waals surface area contributed by atoms with Crippen molar-refractivity contribution in [3.8, 4) is 11.5 Å². The van der Waals surface area contributed by atoms with E-state index < -0.39 is 5.82 Å². The fourth-order valence-corrected chi connectivity index (χ4v) is 3.54. The normalized spacial score (nSPS) is 13.9. The molecule has 27 heavy (non-hydrogen) atoms. The van der Waals surface area contributed by atoms with Gasteiger partial charge >= 0.3 is 0 Å². The highest BCUT2D eigenvalue weighted by atomic mass is 19.1. The summed E-state index contributed by atoms with van der Waals surface area (Å²) in [6.07, 6.45) is 2.35. The quantitative estimate of drug-likeness (QED) is 0.713. The molecule has 0 bridgehead atoms. The Morgan fingerprint density at radius 2 is 2.04 bits per heavy atom. The smallest absolute Gasteiger partial charge is 0.257 e. The van der Waals surface area contributed by atoms with Gasteiger partial charge in [0.05, 0.1) is 12.1 Å². The Morgan fingerprint density at radius 3 is 2.78 bits per heavy atom. The van der Waals surface area contributed by atoms with Crippen molar-refractivity contribution in [1.82, 2.24) is 29.4 Å². The van der Waals surface area contributed by atoms with Crippen LogP contribution in [-0.4, -0.2) is 41.9 Å². The van der Waals surface area contributed by atoms with E-state index in [1.807, 2.05) is 16.3 Å². The van der Waals surface area contributed by atoms with Gasteiger partial charge in [0.2, 0.25) is 0 Å². The highest BCUT2D eigenvalue weighted by Crippen LogP contribution is 2.30. The number of hydrogen-bond acceptors (Lipinski definition) is 4. The number of hydrogen-bond donors (Lipinski definition) is 0. The summed E-state index contributed by atoms with van der Waals surface area (Å²) in [4.78, 5) is 14.5. The van der Waals surface area contributed by atoms with Crippen LogP contribution in [-0.2, 0) is 20.0 Å². The molecule has 1 aliphatic rings. The summed E-state index contributed by atoms with van der Waals surface area (Å²) in [5, 5.41) is 12.9. The van der Waals surface area contributed by atoms with E-state index >= 15 is 0 Å². The maximum atomic E-state index is 14.1. The Morgan fingerprint density at radius 1 is 1.26 bits per heavy atom. The number of carbonyl (C=O) groups is 1. The minimum absolute atomic E-state index is 0.0942. The minimum Gasteiger partial charge on any atom is -0.334 e. The summed E-state index contributed by atoms with van der Waals surface area (Å²) in [7, 11) is 1.90. The lowest BCUT2D eigenvalue weighted by Crippen LogP contribution is -2.36. The molecule has 0 N–H and O–H groups in total. The SMILES string of the molecule is CC(C)n1cnnc1-c1nn(C)c2c1CN(C(=O)c1ccccc1F)CC2. The lowest BCUT2D eigenvalue weighted by atomic mass is 10.0. The maximum Gasteiger partial charge on any atom is 0.257 e. The molecule has 8 heteroatoms. The molecule has 0 unspecified atom stereocenters. The van der Waals surface area contributed by atoms with Crippen LogP contribution in [0.5, 0.6) is 0 Å². The van der Waals surface area contributed by atoms with E-state index in [4.69, 9.17) is 0 Å². The van der Waals surface area contributed by atoms with E-state index in [0.717, 1.165) is 17.0 Å². The molecule has 1 amide bonds. The maximum absolute atomic E-state index is 14.1. The topological polar surface area (TPSA) is 68.8 Å². The number of aromatic nitrogens is 5. The number of fused-ring (bicyclic) bond motifs is 1. The van der Waals surface area contributed by atoms with E-state index in [2.05, 4.69) is 29.1 Å². The van der Waals surface area contributed by atoms with Crippen LogP contribution < -0.4 is 0 Å². The van der Waals surface area contributed by atoms with Gasteiger partial charge in [-0.3, -0.25) is 9.48 Å². The predicted octanol–water partition coefficient (Wildman–Crippen LogP) is 2.60. The molecule has 0 fully saturated rings. The molecule has 0 spiro atoms. The molecule has 140 valence electrons. The van der Waals surface area contributed by atoms with Gasteiger partial charge in [-0.05, 0) is 26.0 Å². The zero-order valence-corrected chi connectivity index (χ0v) is 15.6.